The Hall–Kier alpha value is -0.0800. The molecule has 1 rings (SSSR count). The van der Waals surface area contributed by atoms with Crippen LogP contribution in [0.1, 0.15) is 12.8 Å². The first kappa shape index (κ1) is 6.05. The van der Waals surface area contributed by atoms with Crippen molar-refractivity contribution >= 4 is 0 Å². The van der Waals surface area contributed by atoms with Gasteiger partial charge < -0.3 is 10.5 Å². The van der Waals surface area contributed by atoms with Crippen LogP contribution in [-0.4, -0.2) is 18.8 Å². The predicted octanol–water partition coefficient (Wildman–Crippen LogP) is 0.328. The molecule has 2 nitrogen and oxygen atoms in total. The number of hydrogen-bond acceptors (Lipinski definition) is 2. The van der Waals surface area contributed by atoms with E-state index >= 15 is 0 Å². The minimum atomic E-state index is -0.196. The van der Waals surface area contributed by atoms with Gasteiger partial charge in [-0.05, 0) is 19.8 Å². The van der Waals surface area contributed by atoms with Gasteiger partial charge >= 0.3 is 0 Å². The molecule has 2 heteroatoms. The third-order valence-corrected chi connectivity index (χ3v) is 1.49. The zero-order valence-corrected chi connectivity index (χ0v) is 5.02. The highest BCUT2D eigenvalue weighted by molar-refractivity contribution is 4.88. The smallest absolute Gasteiger partial charge is 0.0483 e. The second kappa shape index (κ2) is 2.03. The van der Waals surface area contributed by atoms with E-state index in [1.807, 2.05) is 0 Å². The standard InChI is InChI=1S/C6H12NO/c1-6(7)2-4-8-5-3-6/h1-5,7H2. The molecule has 0 atom stereocenters. The first-order chi connectivity index (χ1) is 3.71. The molecule has 1 heterocycles. The summed E-state index contributed by atoms with van der Waals surface area (Å²) in [5.41, 5.74) is 5.49. The van der Waals surface area contributed by atoms with Crippen LogP contribution in [0.5, 0.6) is 0 Å². The fourth-order valence-electron chi connectivity index (χ4n) is 0.778. The normalized spacial score (nSPS) is 27.8. The summed E-state index contributed by atoms with van der Waals surface area (Å²) in [6.45, 7) is 5.38. The zero-order valence-electron chi connectivity index (χ0n) is 5.02. The van der Waals surface area contributed by atoms with E-state index in [4.69, 9.17) is 10.5 Å². The first-order valence-corrected chi connectivity index (χ1v) is 2.93. The molecule has 1 aliphatic rings. The summed E-state index contributed by atoms with van der Waals surface area (Å²) in [4.78, 5) is 0. The second-order valence-electron chi connectivity index (χ2n) is 2.47. The summed E-state index contributed by atoms with van der Waals surface area (Å²) in [5.74, 6) is 0. The highest BCUT2D eigenvalue weighted by Gasteiger charge is 2.21. The molecule has 2 N–H and O–H groups in total. The van der Waals surface area contributed by atoms with Gasteiger partial charge in [0.25, 0.3) is 0 Å². The lowest BCUT2D eigenvalue weighted by atomic mass is 9.94. The fraction of sp³-hybridized carbons (Fsp3) is 0.833. The molecule has 1 aliphatic heterocycles. The van der Waals surface area contributed by atoms with Crippen LogP contribution < -0.4 is 5.73 Å². The fourth-order valence-corrected chi connectivity index (χ4v) is 0.778. The molecule has 0 aliphatic carbocycles. The molecule has 1 radical (unpaired) electrons. The van der Waals surface area contributed by atoms with Gasteiger partial charge in [0.2, 0.25) is 0 Å². The maximum atomic E-state index is 5.69. The Balaban J connectivity index is 2.33. The average Bonchev–Trinajstić information content (AvgIpc) is 1.65. The van der Waals surface area contributed by atoms with Crippen molar-refractivity contribution in [2.45, 2.75) is 18.4 Å². The Morgan fingerprint density at radius 1 is 1.38 bits per heavy atom. The molecule has 0 aromatic rings. The van der Waals surface area contributed by atoms with Crippen LogP contribution in [0.3, 0.4) is 0 Å². The summed E-state index contributed by atoms with van der Waals surface area (Å²) >= 11 is 0. The van der Waals surface area contributed by atoms with Crippen molar-refractivity contribution in [3.63, 3.8) is 0 Å². The molecule has 8 heavy (non-hydrogen) atoms. The molecule has 0 unspecified atom stereocenters. The first-order valence-electron chi connectivity index (χ1n) is 2.93. The van der Waals surface area contributed by atoms with Crippen LogP contribution in [0, 0.1) is 6.92 Å². The zero-order chi connectivity index (χ0) is 6.04. The number of ether oxygens (including phenoxy) is 1. The van der Waals surface area contributed by atoms with Crippen molar-refractivity contribution in [1.29, 1.82) is 0 Å². The summed E-state index contributed by atoms with van der Waals surface area (Å²) in [7, 11) is 0. The van der Waals surface area contributed by atoms with Gasteiger partial charge in [0.1, 0.15) is 0 Å². The van der Waals surface area contributed by atoms with Crippen molar-refractivity contribution < 1.29 is 4.74 Å². The lowest BCUT2D eigenvalue weighted by Gasteiger charge is -2.28. The number of hydrogen-bond donors (Lipinski definition) is 1. The molecule has 0 spiro atoms. The molecule has 47 valence electrons. The Morgan fingerprint density at radius 3 is 2.12 bits per heavy atom. The summed E-state index contributed by atoms with van der Waals surface area (Å²) in [6.07, 6.45) is 1.79. The second-order valence-corrected chi connectivity index (χ2v) is 2.47. The predicted molar refractivity (Wildman–Crippen MR) is 32.3 cm³/mol. The van der Waals surface area contributed by atoms with Crippen LogP contribution in [-0.2, 0) is 4.74 Å². The van der Waals surface area contributed by atoms with Crippen LogP contribution in [0.2, 0.25) is 0 Å². The van der Waals surface area contributed by atoms with Crippen LogP contribution >= 0.6 is 0 Å². The highest BCUT2D eigenvalue weighted by Crippen LogP contribution is 2.14. The van der Waals surface area contributed by atoms with Gasteiger partial charge in [-0.2, -0.15) is 0 Å². The van der Waals surface area contributed by atoms with Gasteiger partial charge in [0.05, 0.1) is 0 Å². The average molecular weight is 114 g/mol. The van der Waals surface area contributed by atoms with Gasteiger partial charge in [0, 0.05) is 18.8 Å². The lowest BCUT2D eigenvalue weighted by Crippen LogP contribution is -2.42. The molecule has 0 amide bonds. The van der Waals surface area contributed by atoms with Crippen molar-refractivity contribution in [3.8, 4) is 0 Å². The Labute approximate surface area is 50.0 Å². The van der Waals surface area contributed by atoms with Gasteiger partial charge in [-0.3, -0.25) is 0 Å². The Kier molecular flexibility index (Phi) is 1.54. The third-order valence-electron chi connectivity index (χ3n) is 1.49. The van der Waals surface area contributed by atoms with Crippen molar-refractivity contribution in [1.82, 2.24) is 0 Å². The van der Waals surface area contributed by atoms with E-state index in [2.05, 4.69) is 6.92 Å². The Morgan fingerprint density at radius 2 is 1.88 bits per heavy atom. The van der Waals surface area contributed by atoms with E-state index in [1.165, 1.54) is 0 Å². The molecule has 0 aromatic carbocycles. The number of rotatable bonds is 0. The van der Waals surface area contributed by atoms with E-state index < -0.39 is 0 Å². The molecule has 1 fully saturated rings. The van der Waals surface area contributed by atoms with Crippen molar-refractivity contribution in [3.05, 3.63) is 6.92 Å². The van der Waals surface area contributed by atoms with E-state index in [-0.39, 0.29) is 5.54 Å². The molecular weight excluding hydrogens is 102 g/mol. The van der Waals surface area contributed by atoms with Crippen LogP contribution in [0.4, 0.5) is 0 Å². The molecule has 1 saturated heterocycles. The van der Waals surface area contributed by atoms with E-state index in [9.17, 15) is 0 Å². The molecule has 0 aromatic heterocycles. The largest absolute Gasteiger partial charge is 0.381 e. The van der Waals surface area contributed by atoms with Crippen molar-refractivity contribution in [2.75, 3.05) is 13.2 Å². The molecule has 0 bridgehead atoms. The number of nitrogens with two attached hydrogens (primary N) is 1. The van der Waals surface area contributed by atoms with Gasteiger partial charge in [0.15, 0.2) is 0 Å². The molecule has 0 saturated carbocycles. The summed E-state index contributed by atoms with van der Waals surface area (Å²) < 4.78 is 5.09. The minimum Gasteiger partial charge on any atom is -0.381 e. The van der Waals surface area contributed by atoms with E-state index in [0.29, 0.717) is 0 Å². The topological polar surface area (TPSA) is 35.2 Å². The monoisotopic (exact) mass is 114 g/mol. The quantitative estimate of drug-likeness (QED) is 0.492. The van der Waals surface area contributed by atoms with Gasteiger partial charge in [-0.1, -0.05) is 0 Å². The minimum absolute atomic E-state index is 0.196. The molecular formula is C6H12NO. The maximum Gasteiger partial charge on any atom is 0.0483 e. The van der Waals surface area contributed by atoms with E-state index in [1.54, 1.807) is 0 Å². The van der Waals surface area contributed by atoms with Crippen molar-refractivity contribution in [2.24, 2.45) is 5.73 Å². The van der Waals surface area contributed by atoms with E-state index in [0.717, 1.165) is 26.1 Å². The Bertz CT molecular complexity index is 72.6. The summed E-state index contributed by atoms with van der Waals surface area (Å²) in [5, 5.41) is 0. The highest BCUT2D eigenvalue weighted by atomic mass is 16.5. The maximum absolute atomic E-state index is 5.69. The van der Waals surface area contributed by atoms with Gasteiger partial charge in [-0.15, -0.1) is 0 Å². The SMILES string of the molecule is [CH2]C1(N)CCOCC1. The van der Waals surface area contributed by atoms with Gasteiger partial charge in [-0.25, -0.2) is 0 Å². The van der Waals surface area contributed by atoms with Crippen LogP contribution in [0.15, 0.2) is 0 Å². The van der Waals surface area contributed by atoms with Crippen LogP contribution in [0.25, 0.3) is 0 Å². The summed E-state index contributed by atoms with van der Waals surface area (Å²) in [6, 6.07) is 0. The third kappa shape index (κ3) is 1.46. The lowest BCUT2D eigenvalue weighted by molar-refractivity contribution is 0.0671.